The van der Waals surface area contributed by atoms with Crippen molar-refractivity contribution in [2.24, 2.45) is 5.92 Å². The molecule has 1 aromatic carbocycles. The molecule has 1 fully saturated rings. The predicted molar refractivity (Wildman–Crippen MR) is 76.8 cm³/mol. The molecule has 5 heteroatoms. The molecule has 0 aromatic heterocycles. The van der Waals surface area contributed by atoms with Crippen LogP contribution in [0.1, 0.15) is 36.0 Å². The van der Waals surface area contributed by atoms with Gasteiger partial charge in [0, 0.05) is 12.5 Å². The highest BCUT2D eigenvalue weighted by Gasteiger charge is 2.23. The minimum atomic E-state index is -0.316. The first-order chi connectivity index (χ1) is 9.09. The summed E-state index contributed by atoms with van der Waals surface area (Å²) < 4.78 is 0. The summed E-state index contributed by atoms with van der Waals surface area (Å²) in [7, 11) is 0. The lowest BCUT2D eigenvalue weighted by molar-refractivity contribution is 0.0663. The highest BCUT2D eigenvalue weighted by atomic mass is 35.5. The summed E-state index contributed by atoms with van der Waals surface area (Å²) in [6.07, 6.45) is 3.62. The average Bonchev–Trinajstić information content (AvgIpc) is 2.40. The maximum absolute atomic E-state index is 12.0. The lowest BCUT2D eigenvalue weighted by atomic mass is 9.86. The fraction of sp³-hybridized carbons (Fsp3) is 0.500. The van der Waals surface area contributed by atoms with Gasteiger partial charge in [-0.25, -0.2) is 0 Å². The molecule has 0 aliphatic heterocycles. The van der Waals surface area contributed by atoms with Gasteiger partial charge in [0.1, 0.15) is 0 Å². The predicted octanol–water partition coefficient (Wildman–Crippen LogP) is 3.27. The second kappa shape index (κ2) is 6.60. The summed E-state index contributed by atoms with van der Waals surface area (Å²) in [5.74, 6) is -0.110. The van der Waals surface area contributed by atoms with Crippen LogP contribution in [0.5, 0.6) is 0 Å². The fourth-order valence-electron chi connectivity index (χ4n) is 2.42. The van der Waals surface area contributed by atoms with E-state index in [1.807, 2.05) is 0 Å². The second-order valence-corrected chi connectivity index (χ2v) is 5.71. The van der Waals surface area contributed by atoms with Crippen LogP contribution in [-0.2, 0) is 0 Å². The van der Waals surface area contributed by atoms with Crippen molar-refractivity contribution < 1.29 is 9.90 Å². The molecule has 1 aromatic rings. The van der Waals surface area contributed by atoms with Crippen molar-refractivity contribution in [3.05, 3.63) is 33.8 Å². The highest BCUT2D eigenvalue weighted by Crippen LogP contribution is 2.26. The molecule has 2 atom stereocenters. The molecule has 1 saturated carbocycles. The number of aliphatic hydroxyl groups is 1. The maximum atomic E-state index is 12.0. The van der Waals surface area contributed by atoms with Crippen molar-refractivity contribution in [2.75, 3.05) is 6.54 Å². The van der Waals surface area contributed by atoms with Gasteiger partial charge < -0.3 is 10.4 Å². The molecule has 0 bridgehead atoms. The number of benzene rings is 1. The van der Waals surface area contributed by atoms with E-state index >= 15 is 0 Å². The van der Waals surface area contributed by atoms with Crippen LogP contribution in [-0.4, -0.2) is 23.7 Å². The first-order valence-electron chi connectivity index (χ1n) is 6.50. The number of aliphatic hydroxyl groups excluding tert-OH is 1. The Labute approximate surface area is 122 Å². The summed E-state index contributed by atoms with van der Waals surface area (Å²) >= 11 is 11.9. The molecule has 1 aliphatic carbocycles. The normalized spacial score (nSPS) is 23.1. The van der Waals surface area contributed by atoms with Crippen molar-refractivity contribution in [1.29, 1.82) is 0 Å². The Kier molecular flexibility index (Phi) is 5.08. The number of hydrogen-bond donors (Lipinski definition) is 2. The van der Waals surface area contributed by atoms with E-state index in [1.165, 1.54) is 0 Å². The lowest BCUT2D eigenvalue weighted by Gasteiger charge is -2.27. The number of nitrogens with one attached hydrogen (secondary N) is 1. The molecule has 104 valence electrons. The monoisotopic (exact) mass is 301 g/mol. The van der Waals surface area contributed by atoms with E-state index in [9.17, 15) is 9.90 Å². The SMILES string of the molecule is O=C(NCC1CCCCC1O)c1cccc(Cl)c1Cl. The number of carbonyl (C=O) groups is 1. The van der Waals surface area contributed by atoms with E-state index in [4.69, 9.17) is 23.2 Å². The summed E-state index contributed by atoms with van der Waals surface area (Å²) in [5, 5.41) is 13.3. The van der Waals surface area contributed by atoms with E-state index in [0.29, 0.717) is 17.1 Å². The first kappa shape index (κ1) is 14.6. The zero-order chi connectivity index (χ0) is 13.8. The molecule has 0 spiro atoms. The van der Waals surface area contributed by atoms with Gasteiger partial charge in [-0.3, -0.25) is 4.79 Å². The molecule has 3 nitrogen and oxygen atoms in total. The number of rotatable bonds is 3. The third kappa shape index (κ3) is 3.62. The van der Waals surface area contributed by atoms with E-state index in [0.717, 1.165) is 25.7 Å². The summed E-state index contributed by atoms with van der Waals surface area (Å²) in [4.78, 5) is 12.0. The van der Waals surface area contributed by atoms with E-state index in [2.05, 4.69) is 5.32 Å². The summed E-state index contributed by atoms with van der Waals surface area (Å²) in [5.41, 5.74) is 0.375. The van der Waals surface area contributed by atoms with Crippen molar-refractivity contribution in [3.63, 3.8) is 0 Å². The van der Waals surface area contributed by atoms with Gasteiger partial charge in [-0.15, -0.1) is 0 Å². The van der Waals surface area contributed by atoms with Gasteiger partial charge in [0.2, 0.25) is 0 Å². The standard InChI is InChI=1S/C14H17Cl2NO2/c15-11-6-3-5-10(13(11)16)14(19)17-8-9-4-1-2-7-12(9)18/h3,5-6,9,12,18H,1-2,4,7-8H2,(H,17,19). The molecule has 0 heterocycles. The molecular weight excluding hydrogens is 285 g/mol. The van der Waals surface area contributed by atoms with Crippen LogP contribution in [0.4, 0.5) is 0 Å². The molecule has 1 amide bonds. The Morgan fingerprint density at radius 2 is 2.05 bits per heavy atom. The van der Waals surface area contributed by atoms with Gasteiger partial charge in [0.25, 0.3) is 5.91 Å². The third-order valence-electron chi connectivity index (χ3n) is 3.59. The highest BCUT2D eigenvalue weighted by molar-refractivity contribution is 6.43. The van der Waals surface area contributed by atoms with Gasteiger partial charge in [0.15, 0.2) is 0 Å². The number of halogens is 2. The van der Waals surface area contributed by atoms with Gasteiger partial charge in [0.05, 0.1) is 21.7 Å². The topological polar surface area (TPSA) is 49.3 Å². The van der Waals surface area contributed by atoms with Gasteiger partial charge in [-0.05, 0) is 25.0 Å². The Balaban J connectivity index is 1.95. The van der Waals surface area contributed by atoms with Crippen molar-refractivity contribution in [2.45, 2.75) is 31.8 Å². The number of amides is 1. The van der Waals surface area contributed by atoms with Crippen LogP contribution in [0.25, 0.3) is 0 Å². The lowest BCUT2D eigenvalue weighted by Crippen LogP contribution is -2.36. The van der Waals surface area contributed by atoms with Crippen molar-refractivity contribution >= 4 is 29.1 Å². The third-order valence-corrected chi connectivity index (χ3v) is 4.41. The molecule has 1 aliphatic rings. The minimum Gasteiger partial charge on any atom is -0.393 e. The Morgan fingerprint density at radius 1 is 1.32 bits per heavy atom. The molecule has 19 heavy (non-hydrogen) atoms. The molecular formula is C14H17Cl2NO2. The largest absolute Gasteiger partial charge is 0.393 e. The van der Waals surface area contributed by atoms with Crippen LogP contribution in [0, 0.1) is 5.92 Å². The first-order valence-corrected chi connectivity index (χ1v) is 7.25. The average molecular weight is 302 g/mol. The van der Waals surface area contributed by atoms with Gasteiger partial charge in [-0.2, -0.15) is 0 Å². The van der Waals surface area contributed by atoms with Gasteiger partial charge in [-0.1, -0.05) is 42.1 Å². The van der Waals surface area contributed by atoms with E-state index in [-0.39, 0.29) is 23.0 Å². The molecule has 2 rings (SSSR count). The van der Waals surface area contributed by atoms with Crippen LogP contribution < -0.4 is 5.32 Å². The maximum Gasteiger partial charge on any atom is 0.252 e. The zero-order valence-electron chi connectivity index (χ0n) is 10.5. The van der Waals surface area contributed by atoms with Crippen molar-refractivity contribution in [3.8, 4) is 0 Å². The molecule has 2 N–H and O–H groups in total. The Hall–Kier alpha value is -0.770. The number of carbonyl (C=O) groups excluding carboxylic acids is 1. The quantitative estimate of drug-likeness (QED) is 0.900. The van der Waals surface area contributed by atoms with Crippen LogP contribution in [0.15, 0.2) is 18.2 Å². The van der Waals surface area contributed by atoms with Crippen LogP contribution in [0.3, 0.4) is 0 Å². The Bertz CT molecular complexity index is 465. The summed E-state index contributed by atoms with van der Waals surface area (Å²) in [6.45, 7) is 0.475. The zero-order valence-corrected chi connectivity index (χ0v) is 12.0. The van der Waals surface area contributed by atoms with E-state index in [1.54, 1.807) is 18.2 Å². The minimum absolute atomic E-state index is 0.135. The van der Waals surface area contributed by atoms with E-state index < -0.39 is 0 Å². The smallest absolute Gasteiger partial charge is 0.252 e. The molecule has 0 radical (unpaired) electrons. The number of hydrogen-bond acceptors (Lipinski definition) is 2. The van der Waals surface area contributed by atoms with Gasteiger partial charge >= 0.3 is 0 Å². The van der Waals surface area contributed by atoms with Crippen molar-refractivity contribution in [1.82, 2.24) is 5.32 Å². The molecule has 0 saturated heterocycles. The molecule has 2 unspecified atom stereocenters. The van der Waals surface area contributed by atoms with Crippen LogP contribution >= 0.6 is 23.2 Å². The summed E-state index contributed by atoms with van der Waals surface area (Å²) in [6, 6.07) is 4.98. The second-order valence-electron chi connectivity index (χ2n) is 4.92. The Morgan fingerprint density at radius 3 is 2.79 bits per heavy atom. The fourth-order valence-corrected chi connectivity index (χ4v) is 2.81. The van der Waals surface area contributed by atoms with Crippen LogP contribution in [0.2, 0.25) is 10.0 Å².